The quantitative estimate of drug-likeness (QED) is 0.268. The molecule has 1 aromatic carbocycles. The van der Waals surface area contributed by atoms with Gasteiger partial charge in [0, 0.05) is 19.8 Å². The summed E-state index contributed by atoms with van der Waals surface area (Å²) in [5.41, 5.74) is 2.13. The monoisotopic (exact) mass is 549 g/mol. The van der Waals surface area contributed by atoms with Crippen LogP contribution in [-0.4, -0.2) is 59.2 Å². The molecule has 0 spiro atoms. The fraction of sp³-hybridized carbons (Fsp3) is 0.435. The van der Waals surface area contributed by atoms with Gasteiger partial charge in [-0.1, -0.05) is 24.6 Å². The Labute approximate surface area is 206 Å². The van der Waals surface area contributed by atoms with Crippen molar-refractivity contribution in [3.05, 3.63) is 60.0 Å². The van der Waals surface area contributed by atoms with E-state index in [1.807, 2.05) is 40.9 Å². The minimum atomic E-state index is 0. The highest BCUT2D eigenvalue weighted by Crippen LogP contribution is 2.25. The third-order valence-electron chi connectivity index (χ3n) is 5.82. The van der Waals surface area contributed by atoms with Crippen LogP contribution in [0.5, 0.6) is 5.75 Å². The van der Waals surface area contributed by atoms with Gasteiger partial charge in [-0.3, -0.25) is 14.3 Å². The first kappa shape index (κ1) is 24.2. The fourth-order valence-corrected chi connectivity index (χ4v) is 4.10. The average Bonchev–Trinajstić information content (AvgIpc) is 3.25. The number of hydrogen-bond acceptors (Lipinski definition) is 5. The molecule has 0 bridgehead atoms. The summed E-state index contributed by atoms with van der Waals surface area (Å²) < 4.78 is 7.32. The summed E-state index contributed by atoms with van der Waals surface area (Å²) in [7, 11) is 3.49. The van der Waals surface area contributed by atoms with Crippen LogP contribution in [0.4, 0.5) is 0 Å². The zero-order valence-electron chi connectivity index (χ0n) is 18.7. The normalized spacial score (nSPS) is 15.8. The highest BCUT2D eigenvalue weighted by Gasteiger charge is 2.22. The van der Waals surface area contributed by atoms with Crippen LogP contribution in [0.3, 0.4) is 0 Å². The Hall–Kier alpha value is -2.40. The zero-order chi connectivity index (χ0) is 21.5. The number of pyridine rings is 1. The molecule has 1 saturated heterocycles. The second kappa shape index (κ2) is 12.0. The van der Waals surface area contributed by atoms with Crippen molar-refractivity contribution >= 4 is 35.6 Å². The molecule has 0 aliphatic carbocycles. The topological polar surface area (TPSA) is 79.1 Å². The Kier molecular flexibility index (Phi) is 9.10. The molecule has 3 aromatic rings. The molecule has 2 aromatic heterocycles. The van der Waals surface area contributed by atoms with Crippen LogP contribution in [0, 0.1) is 0 Å². The molecule has 1 unspecified atom stereocenters. The molecule has 1 atom stereocenters. The highest BCUT2D eigenvalue weighted by atomic mass is 127. The summed E-state index contributed by atoms with van der Waals surface area (Å²) in [4.78, 5) is 6.97. The van der Waals surface area contributed by atoms with Crippen LogP contribution in [0.1, 0.15) is 36.7 Å². The highest BCUT2D eigenvalue weighted by molar-refractivity contribution is 14.0. The Morgan fingerprint density at radius 1 is 1.06 bits per heavy atom. The minimum Gasteiger partial charge on any atom is -0.497 e. The molecule has 1 aliphatic rings. The van der Waals surface area contributed by atoms with Gasteiger partial charge in [0.2, 0.25) is 0 Å². The van der Waals surface area contributed by atoms with Crippen molar-refractivity contribution in [2.75, 3.05) is 33.8 Å². The number of nitrogens with zero attached hydrogens (tertiary/aromatic N) is 5. The molecular formula is C23H32IN7O. The van der Waals surface area contributed by atoms with Crippen molar-refractivity contribution in [2.24, 2.45) is 4.99 Å². The van der Waals surface area contributed by atoms with Crippen LogP contribution in [0.2, 0.25) is 0 Å². The lowest BCUT2D eigenvalue weighted by Gasteiger charge is -2.35. The van der Waals surface area contributed by atoms with Crippen LogP contribution in [0.15, 0.2) is 53.7 Å². The standard InChI is InChI=1S/C23H31N7O.HI/c1-24-23(26-17-22-28-27-21-8-4-7-15-30(21)22)25-16-20(29-13-5-3-6-14-29)18-9-11-19(31-2)12-10-18;/h4,7-12,15,20H,3,5-6,13-14,16-17H2,1-2H3,(H2,24,25,26);1H. The molecule has 8 nitrogen and oxygen atoms in total. The summed E-state index contributed by atoms with van der Waals surface area (Å²) in [6, 6.07) is 14.6. The van der Waals surface area contributed by atoms with E-state index in [-0.39, 0.29) is 30.0 Å². The van der Waals surface area contributed by atoms with E-state index in [0.717, 1.165) is 42.8 Å². The molecule has 0 saturated carbocycles. The van der Waals surface area contributed by atoms with Gasteiger partial charge in [0.15, 0.2) is 17.4 Å². The van der Waals surface area contributed by atoms with E-state index in [1.54, 1.807) is 14.2 Å². The number of fused-ring (bicyclic) bond motifs is 1. The Bertz CT molecular complexity index is 999. The number of hydrogen-bond donors (Lipinski definition) is 2. The van der Waals surface area contributed by atoms with Gasteiger partial charge < -0.3 is 15.4 Å². The summed E-state index contributed by atoms with van der Waals surface area (Å²) in [5.74, 6) is 2.48. The molecule has 0 amide bonds. The van der Waals surface area contributed by atoms with Gasteiger partial charge in [-0.2, -0.15) is 0 Å². The smallest absolute Gasteiger partial charge is 0.191 e. The molecule has 4 rings (SSSR count). The summed E-state index contributed by atoms with van der Waals surface area (Å²) in [6.45, 7) is 3.56. The third kappa shape index (κ3) is 5.89. The number of ether oxygens (including phenoxy) is 1. The average molecular weight is 549 g/mol. The van der Waals surface area contributed by atoms with Gasteiger partial charge >= 0.3 is 0 Å². The van der Waals surface area contributed by atoms with E-state index in [2.05, 4.69) is 42.9 Å². The lowest BCUT2D eigenvalue weighted by atomic mass is 10.0. The van der Waals surface area contributed by atoms with Crippen LogP contribution in [-0.2, 0) is 6.54 Å². The number of benzene rings is 1. The number of likely N-dealkylation sites (tertiary alicyclic amines) is 1. The van der Waals surface area contributed by atoms with Gasteiger partial charge in [-0.25, -0.2) is 0 Å². The fourth-order valence-electron chi connectivity index (χ4n) is 4.10. The molecule has 2 N–H and O–H groups in total. The molecule has 1 aliphatic heterocycles. The first-order valence-electron chi connectivity index (χ1n) is 10.9. The van der Waals surface area contributed by atoms with Gasteiger partial charge in [0.25, 0.3) is 0 Å². The number of piperidine rings is 1. The first-order chi connectivity index (χ1) is 15.3. The van der Waals surface area contributed by atoms with Crippen molar-refractivity contribution in [2.45, 2.75) is 31.8 Å². The minimum absolute atomic E-state index is 0. The van der Waals surface area contributed by atoms with Crippen molar-refractivity contribution in [1.29, 1.82) is 0 Å². The van der Waals surface area contributed by atoms with E-state index in [4.69, 9.17) is 4.74 Å². The number of methoxy groups -OCH3 is 1. The third-order valence-corrected chi connectivity index (χ3v) is 5.82. The van der Waals surface area contributed by atoms with Crippen LogP contribution < -0.4 is 15.4 Å². The largest absolute Gasteiger partial charge is 0.497 e. The number of halogens is 1. The molecule has 32 heavy (non-hydrogen) atoms. The summed E-state index contributed by atoms with van der Waals surface area (Å²) in [5, 5.41) is 15.4. The Morgan fingerprint density at radius 2 is 1.84 bits per heavy atom. The zero-order valence-corrected chi connectivity index (χ0v) is 21.0. The second-order valence-electron chi connectivity index (χ2n) is 7.74. The van der Waals surface area contributed by atoms with Gasteiger partial charge in [-0.05, 0) is 55.8 Å². The SMILES string of the molecule is CN=C(NCc1nnc2ccccn12)NCC(c1ccc(OC)cc1)N1CCCCC1.I. The maximum Gasteiger partial charge on any atom is 0.191 e. The number of nitrogens with one attached hydrogen (secondary N) is 2. The molecule has 1 fully saturated rings. The molecule has 3 heterocycles. The lowest BCUT2D eigenvalue weighted by molar-refractivity contribution is 0.164. The first-order valence-corrected chi connectivity index (χ1v) is 10.9. The van der Waals surface area contributed by atoms with Gasteiger partial charge in [0.05, 0.1) is 19.7 Å². The van der Waals surface area contributed by atoms with Crippen molar-refractivity contribution in [3.63, 3.8) is 0 Å². The predicted molar refractivity (Wildman–Crippen MR) is 138 cm³/mol. The number of guanidine groups is 1. The van der Waals surface area contributed by atoms with Crippen molar-refractivity contribution in [1.82, 2.24) is 30.1 Å². The number of rotatable bonds is 7. The van der Waals surface area contributed by atoms with Crippen LogP contribution >= 0.6 is 24.0 Å². The van der Waals surface area contributed by atoms with E-state index in [9.17, 15) is 0 Å². The van der Waals surface area contributed by atoms with Crippen molar-refractivity contribution in [3.8, 4) is 5.75 Å². The molecular weight excluding hydrogens is 517 g/mol. The van der Waals surface area contributed by atoms with Crippen molar-refractivity contribution < 1.29 is 4.74 Å². The summed E-state index contributed by atoms with van der Waals surface area (Å²) >= 11 is 0. The molecule has 9 heteroatoms. The lowest BCUT2D eigenvalue weighted by Crippen LogP contribution is -2.44. The van der Waals surface area contributed by atoms with E-state index in [0.29, 0.717) is 6.54 Å². The maximum absolute atomic E-state index is 5.34. The number of aliphatic imine (C=N–C) groups is 1. The molecule has 172 valence electrons. The molecule has 0 radical (unpaired) electrons. The Balaban J connectivity index is 0.00000289. The maximum atomic E-state index is 5.34. The van der Waals surface area contributed by atoms with E-state index in [1.165, 1.54) is 24.8 Å². The number of aromatic nitrogens is 3. The van der Waals surface area contributed by atoms with E-state index < -0.39 is 0 Å². The summed E-state index contributed by atoms with van der Waals surface area (Å²) in [6.07, 6.45) is 5.78. The van der Waals surface area contributed by atoms with Gasteiger partial charge in [-0.15, -0.1) is 34.2 Å². The van der Waals surface area contributed by atoms with Crippen LogP contribution in [0.25, 0.3) is 5.65 Å². The van der Waals surface area contributed by atoms with Gasteiger partial charge in [0.1, 0.15) is 5.75 Å². The van der Waals surface area contributed by atoms with E-state index >= 15 is 0 Å². The Morgan fingerprint density at radius 3 is 2.56 bits per heavy atom. The predicted octanol–water partition coefficient (Wildman–Crippen LogP) is 3.25. The second-order valence-corrected chi connectivity index (χ2v) is 7.74.